The third-order valence-electron chi connectivity index (χ3n) is 6.87. The molecule has 1 aliphatic rings. The van der Waals surface area contributed by atoms with E-state index >= 15 is 0 Å². The Morgan fingerprint density at radius 2 is 2.10 bits per heavy atom. The number of rotatable bonds is 7. The Hall–Kier alpha value is -2.41. The number of pyridine rings is 1. The number of imidazole rings is 1. The van der Waals surface area contributed by atoms with Crippen LogP contribution in [-0.4, -0.2) is 45.5 Å². The lowest BCUT2D eigenvalue weighted by Gasteiger charge is -2.42. The topological polar surface area (TPSA) is 95.7 Å². The van der Waals surface area contributed by atoms with Gasteiger partial charge in [0, 0.05) is 12.7 Å². The van der Waals surface area contributed by atoms with Crippen LogP contribution in [0.4, 0.5) is 0 Å². The Morgan fingerprint density at radius 3 is 2.80 bits per heavy atom. The van der Waals surface area contributed by atoms with Crippen molar-refractivity contribution in [2.75, 3.05) is 13.2 Å². The minimum absolute atomic E-state index is 0.125. The van der Waals surface area contributed by atoms with Crippen LogP contribution in [0.3, 0.4) is 0 Å². The summed E-state index contributed by atoms with van der Waals surface area (Å²) in [5.74, 6) is 0.487. The molecule has 2 heterocycles. The summed E-state index contributed by atoms with van der Waals surface area (Å²) in [5.41, 5.74) is 1.52. The summed E-state index contributed by atoms with van der Waals surface area (Å²) in [6.45, 7) is 9.32. The fourth-order valence-electron chi connectivity index (χ4n) is 4.37. The number of carbonyl (C=O) groups excluding carboxylic acids is 2. The van der Waals surface area contributed by atoms with Crippen molar-refractivity contribution in [1.29, 1.82) is 0 Å². The molecule has 7 heteroatoms. The molecule has 1 saturated carbocycles. The first-order chi connectivity index (χ1) is 14.3. The first kappa shape index (κ1) is 22.3. The quantitative estimate of drug-likeness (QED) is 0.649. The molecule has 3 N–H and O–H groups in total. The Balaban J connectivity index is 1.73. The largest absolute Gasteiger partial charge is 0.394 e. The second kappa shape index (κ2) is 9.16. The molecule has 7 nitrogen and oxygen atoms in total. The number of aliphatic hydroxyl groups excluding tert-OH is 1. The first-order valence-electron chi connectivity index (χ1n) is 10.9. The minimum atomic E-state index is -0.357. The fourth-order valence-corrected chi connectivity index (χ4v) is 4.37. The van der Waals surface area contributed by atoms with E-state index in [1.807, 2.05) is 6.92 Å². The number of fused-ring (bicyclic) bond motifs is 1. The highest BCUT2D eigenvalue weighted by Crippen LogP contribution is 2.43. The number of nitrogens with zero attached hydrogens (tertiary/aromatic N) is 2. The molecule has 0 radical (unpaired) electrons. The van der Waals surface area contributed by atoms with Gasteiger partial charge in [-0.25, -0.2) is 4.98 Å². The van der Waals surface area contributed by atoms with Crippen LogP contribution >= 0.6 is 0 Å². The predicted octanol–water partition coefficient (Wildman–Crippen LogP) is 3.03. The lowest BCUT2D eigenvalue weighted by molar-refractivity contribution is 0.0785. The Morgan fingerprint density at radius 1 is 1.33 bits per heavy atom. The van der Waals surface area contributed by atoms with Crippen LogP contribution in [0, 0.1) is 17.3 Å². The molecule has 2 aromatic rings. The maximum absolute atomic E-state index is 12.9. The van der Waals surface area contributed by atoms with E-state index in [-0.39, 0.29) is 30.2 Å². The smallest absolute Gasteiger partial charge is 0.271 e. The Bertz CT molecular complexity index is 901. The molecular weight excluding hydrogens is 380 g/mol. The number of amides is 2. The number of carbonyl (C=O) groups is 2. The van der Waals surface area contributed by atoms with Gasteiger partial charge in [0.25, 0.3) is 11.8 Å². The average Bonchev–Trinajstić information content (AvgIpc) is 3.17. The lowest BCUT2D eigenvalue weighted by Crippen LogP contribution is -2.40. The van der Waals surface area contributed by atoms with Gasteiger partial charge in [0.2, 0.25) is 0 Å². The van der Waals surface area contributed by atoms with Crippen LogP contribution in [0.15, 0.2) is 24.4 Å². The van der Waals surface area contributed by atoms with Crippen LogP contribution in [0.2, 0.25) is 0 Å². The second-order valence-electron chi connectivity index (χ2n) is 9.17. The molecule has 3 rings (SSSR count). The summed E-state index contributed by atoms with van der Waals surface area (Å²) in [6.07, 6.45) is 5.76. The second-order valence-corrected chi connectivity index (χ2v) is 9.17. The van der Waals surface area contributed by atoms with E-state index in [2.05, 4.69) is 36.4 Å². The van der Waals surface area contributed by atoms with Crippen LogP contribution in [0.5, 0.6) is 0 Å². The monoisotopic (exact) mass is 414 g/mol. The Labute approximate surface area is 178 Å². The van der Waals surface area contributed by atoms with Gasteiger partial charge < -0.3 is 15.7 Å². The molecule has 2 aromatic heterocycles. The summed E-state index contributed by atoms with van der Waals surface area (Å²) >= 11 is 0. The molecule has 3 atom stereocenters. The van der Waals surface area contributed by atoms with Gasteiger partial charge in [0.15, 0.2) is 0 Å². The molecule has 164 valence electrons. The molecule has 1 fully saturated rings. The van der Waals surface area contributed by atoms with Crippen molar-refractivity contribution in [2.45, 2.75) is 59.4 Å². The van der Waals surface area contributed by atoms with E-state index in [1.54, 1.807) is 28.8 Å². The predicted molar refractivity (Wildman–Crippen MR) is 116 cm³/mol. The zero-order valence-electron chi connectivity index (χ0n) is 18.4. The SMILES string of the molecule is CCC(CO)NC(=O)c1cn2c(C(=O)NCC3CCCC(C)(C)C3C)cccc2n1. The van der Waals surface area contributed by atoms with Gasteiger partial charge in [-0.2, -0.15) is 0 Å². The minimum Gasteiger partial charge on any atom is -0.394 e. The van der Waals surface area contributed by atoms with E-state index in [0.717, 1.165) is 6.42 Å². The zero-order chi connectivity index (χ0) is 21.9. The Kier molecular flexibility index (Phi) is 6.81. The fraction of sp³-hybridized carbons (Fsp3) is 0.609. The molecule has 0 aromatic carbocycles. The highest BCUT2D eigenvalue weighted by Gasteiger charge is 2.35. The molecule has 2 amide bonds. The van der Waals surface area contributed by atoms with Crippen molar-refractivity contribution in [2.24, 2.45) is 17.3 Å². The van der Waals surface area contributed by atoms with Gasteiger partial charge in [0.05, 0.1) is 12.6 Å². The number of aromatic nitrogens is 2. The maximum atomic E-state index is 12.9. The van der Waals surface area contributed by atoms with E-state index in [4.69, 9.17) is 0 Å². The molecule has 0 spiro atoms. The summed E-state index contributed by atoms with van der Waals surface area (Å²) in [7, 11) is 0. The lowest BCUT2D eigenvalue weighted by atomic mass is 9.64. The van der Waals surface area contributed by atoms with E-state index in [0.29, 0.717) is 41.6 Å². The average molecular weight is 415 g/mol. The van der Waals surface area contributed by atoms with Crippen LogP contribution in [0.25, 0.3) is 5.65 Å². The van der Waals surface area contributed by atoms with Crippen molar-refractivity contribution in [3.63, 3.8) is 0 Å². The summed E-state index contributed by atoms with van der Waals surface area (Å²) in [6, 6.07) is 4.96. The molecule has 30 heavy (non-hydrogen) atoms. The van der Waals surface area contributed by atoms with Gasteiger partial charge in [-0.3, -0.25) is 14.0 Å². The summed E-state index contributed by atoms with van der Waals surface area (Å²) in [5, 5.41) is 15.2. The maximum Gasteiger partial charge on any atom is 0.271 e. The normalized spacial score (nSPS) is 21.9. The van der Waals surface area contributed by atoms with Gasteiger partial charge in [0.1, 0.15) is 17.0 Å². The highest BCUT2D eigenvalue weighted by atomic mass is 16.3. The first-order valence-corrected chi connectivity index (χ1v) is 10.9. The molecule has 0 saturated heterocycles. The molecule has 0 aliphatic heterocycles. The third-order valence-corrected chi connectivity index (χ3v) is 6.87. The highest BCUT2D eigenvalue weighted by molar-refractivity contribution is 5.95. The van der Waals surface area contributed by atoms with Crippen molar-refractivity contribution in [1.82, 2.24) is 20.0 Å². The van der Waals surface area contributed by atoms with E-state index < -0.39 is 0 Å². The van der Waals surface area contributed by atoms with Gasteiger partial charge in [-0.1, -0.05) is 40.2 Å². The van der Waals surface area contributed by atoms with Crippen LogP contribution in [0.1, 0.15) is 74.4 Å². The van der Waals surface area contributed by atoms with Gasteiger partial charge >= 0.3 is 0 Å². The summed E-state index contributed by atoms with van der Waals surface area (Å²) < 4.78 is 1.65. The number of nitrogens with one attached hydrogen (secondary N) is 2. The van der Waals surface area contributed by atoms with Crippen molar-refractivity contribution >= 4 is 17.5 Å². The molecular formula is C23H34N4O3. The van der Waals surface area contributed by atoms with Crippen LogP contribution < -0.4 is 10.6 Å². The molecule has 3 unspecified atom stereocenters. The zero-order valence-corrected chi connectivity index (χ0v) is 18.4. The van der Waals surface area contributed by atoms with Crippen LogP contribution in [-0.2, 0) is 0 Å². The molecule has 0 bridgehead atoms. The van der Waals surface area contributed by atoms with Crippen molar-refractivity contribution in [3.8, 4) is 0 Å². The van der Waals surface area contributed by atoms with E-state index in [1.165, 1.54) is 12.8 Å². The number of aliphatic hydroxyl groups is 1. The third kappa shape index (κ3) is 4.67. The van der Waals surface area contributed by atoms with Gasteiger partial charge in [-0.05, 0) is 48.6 Å². The van der Waals surface area contributed by atoms with E-state index in [9.17, 15) is 14.7 Å². The standard InChI is InChI=1S/C23H34N4O3/c1-5-17(14-28)25-21(29)18-13-27-19(9-6-10-20(27)26-18)22(30)24-12-16-8-7-11-23(3,4)15(16)2/h6,9-10,13,15-17,28H,5,7-8,11-12,14H2,1-4H3,(H,24,30)(H,25,29). The molecule has 1 aliphatic carbocycles. The van der Waals surface area contributed by atoms with Crippen molar-refractivity contribution in [3.05, 3.63) is 35.8 Å². The number of hydrogen-bond donors (Lipinski definition) is 3. The van der Waals surface area contributed by atoms with Gasteiger partial charge in [-0.15, -0.1) is 0 Å². The summed E-state index contributed by atoms with van der Waals surface area (Å²) in [4.78, 5) is 29.7. The number of hydrogen-bond acceptors (Lipinski definition) is 4. The van der Waals surface area contributed by atoms with Crippen molar-refractivity contribution < 1.29 is 14.7 Å².